The molecule has 11 nitrogen and oxygen atoms in total. The molecule has 2 amide bonds. The number of nitrogens with one attached hydrogen (secondary N) is 2. The Morgan fingerprint density at radius 1 is 1.17 bits per heavy atom. The van der Waals surface area contributed by atoms with Crippen molar-refractivity contribution in [2.75, 3.05) is 29.8 Å². The summed E-state index contributed by atoms with van der Waals surface area (Å²) in [5, 5.41) is 5.43. The number of benzene rings is 1. The van der Waals surface area contributed by atoms with Gasteiger partial charge in [0.25, 0.3) is 10.0 Å². The minimum atomic E-state index is -4.27. The fraction of sp³-hybridized carbons (Fsp3) is 0.391. The zero-order chi connectivity index (χ0) is 25.8. The molecule has 1 aromatic heterocycles. The largest absolute Gasteiger partial charge is 0.390 e. The van der Waals surface area contributed by atoms with E-state index in [4.69, 9.17) is 4.74 Å². The van der Waals surface area contributed by atoms with Gasteiger partial charge in [0.05, 0.1) is 16.8 Å². The predicted molar refractivity (Wildman–Crippen MR) is 130 cm³/mol. The smallest absolute Gasteiger partial charge is 0.337 e. The molecule has 0 bridgehead atoms. The van der Waals surface area contributed by atoms with E-state index in [9.17, 15) is 22.8 Å². The number of carbonyl (C=O) groups excluding carboxylic acids is 3. The van der Waals surface area contributed by atoms with Crippen LogP contribution in [0.4, 0.5) is 16.3 Å². The Bertz CT molecular complexity index is 1180. The SMILES string of the molecule is CNC(=O)N(C)c1ccc(N([C@@H](C)C(=O)OC(=O)[C@@H]2CCCN2)S(=O)(=O)c2ccc(C)cc2)nc1. The molecule has 2 atom stereocenters. The molecule has 1 fully saturated rings. The summed E-state index contributed by atoms with van der Waals surface area (Å²) >= 11 is 0. The Morgan fingerprint density at radius 3 is 2.40 bits per heavy atom. The molecule has 2 heterocycles. The molecule has 0 aliphatic carbocycles. The van der Waals surface area contributed by atoms with Crippen LogP contribution in [0.2, 0.25) is 0 Å². The maximum atomic E-state index is 13.6. The minimum Gasteiger partial charge on any atom is -0.390 e. The Kier molecular flexibility index (Phi) is 8.07. The molecule has 1 aliphatic heterocycles. The average Bonchev–Trinajstić information content (AvgIpc) is 3.39. The summed E-state index contributed by atoms with van der Waals surface area (Å²) in [5.74, 6) is -1.84. The van der Waals surface area contributed by atoms with Gasteiger partial charge in [-0.2, -0.15) is 0 Å². The van der Waals surface area contributed by atoms with Crippen molar-refractivity contribution in [1.29, 1.82) is 0 Å². The monoisotopic (exact) mass is 503 g/mol. The van der Waals surface area contributed by atoms with E-state index in [0.29, 0.717) is 18.7 Å². The lowest BCUT2D eigenvalue weighted by Crippen LogP contribution is -2.46. The highest BCUT2D eigenvalue weighted by atomic mass is 32.2. The van der Waals surface area contributed by atoms with Gasteiger partial charge < -0.3 is 15.4 Å². The fourth-order valence-electron chi connectivity index (χ4n) is 3.58. The second kappa shape index (κ2) is 10.8. The zero-order valence-corrected chi connectivity index (χ0v) is 20.8. The number of urea groups is 1. The number of amides is 2. The Labute approximate surface area is 204 Å². The summed E-state index contributed by atoms with van der Waals surface area (Å²) in [6, 6.07) is 6.61. The van der Waals surface area contributed by atoms with Gasteiger partial charge in [-0.3, -0.25) is 4.90 Å². The third kappa shape index (κ3) is 5.77. The number of hydrogen-bond acceptors (Lipinski definition) is 8. The maximum Gasteiger partial charge on any atom is 0.337 e. The Hall–Kier alpha value is -3.51. The van der Waals surface area contributed by atoms with Crippen LogP contribution < -0.4 is 19.8 Å². The maximum absolute atomic E-state index is 13.6. The van der Waals surface area contributed by atoms with Gasteiger partial charge in [0.15, 0.2) is 0 Å². The highest BCUT2D eigenvalue weighted by molar-refractivity contribution is 7.92. The average molecular weight is 504 g/mol. The van der Waals surface area contributed by atoms with E-state index >= 15 is 0 Å². The normalized spacial score (nSPS) is 16.3. The van der Waals surface area contributed by atoms with Crippen LogP contribution in [0.1, 0.15) is 25.3 Å². The third-order valence-corrected chi connectivity index (χ3v) is 7.57. The molecule has 3 rings (SSSR count). The van der Waals surface area contributed by atoms with Crippen LogP contribution in [-0.4, -0.2) is 64.1 Å². The molecular formula is C23H29N5O6S. The van der Waals surface area contributed by atoms with Crippen LogP contribution in [0.15, 0.2) is 47.5 Å². The predicted octanol–water partition coefficient (Wildman–Crippen LogP) is 1.57. The Morgan fingerprint density at radius 2 is 1.86 bits per heavy atom. The lowest BCUT2D eigenvalue weighted by molar-refractivity contribution is -0.161. The molecule has 12 heteroatoms. The van der Waals surface area contributed by atoms with Gasteiger partial charge in [0.1, 0.15) is 17.9 Å². The number of esters is 2. The van der Waals surface area contributed by atoms with Gasteiger partial charge in [-0.1, -0.05) is 17.7 Å². The van der Waals surface area contributed by atoms with Crippen LogP contribution in [0.25, 0.3) is 0 Å². The van der Waals surface area contributed by atoms with Crippen LogP contribution in [-0.2, 0) is 24.3 Å². The first-order valence-corrected chi connectivity index (χ1v) is 12.5. The first-order valence-electron chi connectivity index (χ1n) is 11.1. The summed E-state index contributed by atoms with van der Waals surface area (Å²) in [6.45, 7) is 3.79. The molecule has 0 unspecified atom stereocenters. The molecule has 0 spiro atoms. The van der Waals surface area contributed by atoms with Gasteiger partial charge in [-0.05, 0) is 57.5 Å². The van der Waals surface area contributed by atoms with E-state index < -0.39 is 34.0 Å². The highest BCUT2D eigenvalue weighted by Crippen LogP contribution is 2.27. The van der Waals surface area contributed by atoms with Crippen molar-refractivity contribution < 1.29 is 27.5 Å². The zero-order valence-electron chi connectivity index (χ0n) is 20.0. The minimum absolute atomic E-state index is 0.0557. The number of anilines is 2. The summed E-state index contributed by atoms with van der Waals surface area (Å²) in [6.07, 6.45) is 2.62. The number of sulfonamides is 1. The number of aryl methyl sites for hydroxylation is 1. The number of ether oxygens (including phenoxy) is 1. The lowest BCUT2D eigenvalue weighted by atomic mass is 10.2. The number of pyridine rings is 1. The molecule has 2 N–H and O–H groups in total. The number of aromatic nitrogens is 1. The molecular weight excluding hydrogens is 474 g/mol. The molecule has 0 saturated carbocycles. The number of carbonyl (C=O) groups is 3. The topological polar surface area (TPSA) is 138 Å². The molecule has 188 valence electrons. The van der Waals surface area contributed by atoms with Gasteiger partial charge in [-0.25, -0.2) is 32.1 Å². The lowest BCUT2D eigenvalue weighted by Gasteiger charge is -2.28. The second-order valence-electron chi connectivity index (χ2n) is 8.17. The quantitative estimate of drug-likeness (QED) is 0.429. The van der Waals surface area contributed by atoms with Crippen molar-refractivity contribution in [3.63, 3.8) is 0 Å². The van der Waals surface area contributed by atoms with Gasteiger partial charge in [0.2, 0.25) is 0 Å². The van der Waals surface area contributed by atoms with E-state index in [1.54, 1.807) is 12.1 Å². The first-order chi connectivity index (χ1) is 16.6. The summed E-state index contributed by atoms with van der Waals surface area (Å²) in [4.78, 5) is 42.6. The highest BCUT2D eigenvalue weighted by Gasteiger charge is 2.37. The first kappa shape index (κ1) is 26.1. The van der Waals surface area contributed by atoms with Crippen molar-refractivity contribution in [3.05, 3.63) is 48.2 Å². The summed E-state index contributed by atoms with van der Waals surface area (Å²) in [5.41, 5.74) is 1.26. The van der Waals surface area contributed by atoms with E-state index in [-0.39, 0.29) is 16.7 Å². The standard InChI is InChI=1S/C23H29N5O6S/c1-15-7-10-18(11-8-15)35(32,33)28(16(2)21(29)34-22(30)19-6-5-13-25-19)20-12-9-17(14-26-20)27(4)23(31)24-3/h7-12,14,16,19,25H,5-6,13H2,1-4H3,(H,24,31)/t16-,19-/m0/s1. The molecule has 0 radical (unpaired) electrons. The van der Waals surface area contributed by atoms with Crippen molar-refractivity contribution >= 4 is 39.5 Å². The molecule has 1 saturated heterocycles. The van der Waals surface area contributed by atoms with E-state index in [0.717, 1.165) is 16.3 Å². The number of rotatable bonds is 7. The van der Waals surface area contributed by atoms with E-state index in [1.165, 1.54) is 56.4 Å². The third-order valence-electron chi connectivity index (χ3n) is 5.68. The van der Waals surface area contributed by atoms with Crippen LogP contribution in [0.3, 0.4) is 0 Å². The van der Waals surface area contributed by atoms with Crippen molar-refractivity contribution in [3.8, 4) is 0 Å². The van der Waals surface area contributed by atoms with E-state index in [1.807, 2.05) is 6.92 Å². The molecule has 35 heavy (non-hydrogen) atoms. The fourth-order valence-corrected chi connectivity index (χ4v) is 5.15. The Balaban J connectivity index is 1.97. The van der Waals surface area contributed by atoms with Crippen LogP contribution in [0.5, 0.6) is 0 Å². The molecule has 2 aromatic rings. The second-order valence-corrected chi connectivity index (χ2v) is 9.98. The molecule has 1 aromatic carbocycles. The van der Waals surface area contributed by atoms with E-state index in [2.05, 4.69) is 15.6 Å². The summed E-state index contributed by atoms with van der Waals surface area (Å²) < 4.78 is 33.1. The van der Waals surface area contributed by atoms with Crippen LogP contribution in [0, 0.1) is 6.92 Å². The van der Waals surface area contributed by atoms with Crippen molar-refractivity contribution in [1.82, 2.24) is 15.6 Å². The molecule has 1 aliphatic rings. The number of hydrogen-bond donors (Lipinski definition) is 2. The van der Waals surface area contributed by atoms with Gasteiger partial charge >= 0.3 is 18.0 Å². The van der Waals surface area contributed by atoms with Crippen LogP contribution >= 0.6 is 0 Å². The van der Waals surface area contributed by atoms with Crippen molar-refractivity contribution in [2.24, 2.45) is 0 Å². The van der Waals surface area contributed by atoms with Gasteiger partial charge in [0, 0.05) is 14.1 Å². The summed E-state index contributed by atoms with van der Waals surface area (Å²) in [7, 11) is -1.27. The van der Waals surface area contributed by atoms with Gasteiger partial charge in [-0.15, -0.1) is 0 Å². The van der Waals surface area contributed by atoms with Crippen molar-refractivity contribution in [2.45, 2.75) is 43.7 Å². The number of nitrogens with zero attached hydrogens (tertiary/aromatic N) is 3.